The zero-order valence-electron chi connectivity index (χ0n) is 4.51. The van der Waals surface area contributed by atoms with Crippen LogP contribution in [0.1, 0.15) is 13.3 Å². The summed E-state index contributed by atoms with van der Waals surface area (Å²) in [5, 5.41) is 0.0394. The van der Waals surface area contributed by atoms with E-state index < -0.39 is 0 Å². The number of rotatable bonds is 0. The fourth-order valence-corrected chi connectivity index (χ4v) is 1.43. The molecule has 0 radical (unpaired) electrons. The molecule has 0 unspecified atom stereocenters. The van der Waals surface area contributed by atoms with Gasteiger partial charge in [0.15, 0.2) is 10.2 Å². The molecule has 0 aromatic carbocycles. The van der Waals surface area contributed by atoms with Gasteiger partial charge in [-0.05, 0) is 11.8 Å². The van der Waals surface area contributed by atoms with Gasteiger partial charge in [0.2, 0.25) is 0 Å². The molecule has 0 spiro atoms. The Balaban J connectivity index is 2.64. The van der Waals surface area contributed by atoms with Gasteiger partial charge in [0.25, 0.3) is 0 Å². The van der Waals surface area contributed by atoms with E-state index in [9.17, 15) is 9.59 Å². The van der Waals surface area contributed by atoms with Crippen LogP contribution in [0.25, 0.3) is 0 Å². The molecule has 1 rings (SSSR count). The van der Waals surface area contributed by atoms with Crippen molar-refractivity contribution in [1.29, 1.82) is 0 Å². The minimum atomic E-state index is -0.0347. The van der Waals surface area contributed by atoms with E-state index in [2.05, 4.69) is 0 Å². The van der Waals surface area contributed by atoms with Crippen LogP contribution in [0.5, 0.6) is 0 Å². The number of hydrogen-bond acceptors (Lipinski definition) is 3. The first-order valence-electron chi connectivity index (χ1n) is 2.44. The Labute approximate surface area is 51.6 Å². The van der Waals surface area contributed by atoms with Crippen LogP contribution < -0.4 is 0 Å². The maximum absolute atomic E-state index is 10.5. The van der Waals surface area contributed by atoms with Gasteiger partial charge in [-0.2, -0.15) is 0 Å². The molecule has 3 heteroatoms. The summed E-state index contributed by atoms with van der Waals surface area (Å²) in [6, 6.07) is 0. The molecule has 1 heterocycles. The van der Waals surface area contributed by atoms with Crippen molar-refractivity contribution in [1.82, 2.24) is 0 Å². The van der Waals surface area contributed by atoms with E-state index >= 15 is 0 Å². The van der Waals surface area contributed by atoms with Crippen molar-refractivity contribution in [3.63, 3.8) is 0 Å². The Kier molecular flexibility index (Phi) is 1.38. The van der Waals surface area contributed by atoms with Crippen LogP contribution in [0.2, 0.25) is 0 Å². The third-order valence-electron chi connectivity index (χ3n) is 1.09. The Morgan fingerprint density at radius 2 is 2.25 bits per heavy atom. The average Bonchev–Trinajstić information content (AvgIpc) is 1.85. The molecule has 0 bridgehead atoms. The highest BCUT2D eigenvalue weighted by atomic mass is 32.2. The quantitative estimate of drug-likeness (QED) is 0.486. The van der Waals surface area contributed by atoms with E-state index in [1.807, 2.05) is 0 Å². The van der Waals surface area contributed by atoms with Crippen LogP contribution in [0, 0.1) is 5.92 Å². The van der Waals surface area contributed by atoms with E-state index in [0.717, 1.165) is 11.8 Å². The normalized spacial score (nSPS) is 29.4. The number of carbonyl (C=O) groups excluding carboxylic acids is 2. The van der Waals surface area contributed by atoms with Gasteiger partial charge in [0.1, 0.15) is 0 Å². The lowest BCUT2D eigenvalue weighted by molar-refractivity contribution is -0.115. The predicted octanol–water partition coefficient (Wildman–Crippen LogP) is 0.813. The van der Waals surface area contributed by atoms with Gasteiger partial charge >= 0.3 is 0 Å². The lowest BCUT2D eigenvalue weighted by Gasteiger charge is -1.87. The maximum atomic E-state index is 10.5. The lowest BCUT2D eigenvalue weighted by atomic mass is 10.1. The molecule has 44 valence electrons. The highest BCUT2D eigenvalue weighted by molar-refractivity contribution is 8.26. The smallest absolute Gasteiger partial charge is 0.199 e. The zero-order chi connectivity index (χ0) is 6.15. The molecule has 0 aromatic heterocycles. The fourth-order valence-electron chi connectivity index (χ4n) is 0.588. The Morgan fingerprint density at radius 3 is 2.38 bits per heavy atom. The van der Waals surface area contributed by atoms with Crippen LogP contribution in [0.4, 0.5) is 0 Å². The second kappa shape index (κ2) is 1.90. The molecule has 0 aliphatic carbocycles. The summed E-state index contributed by atoms with van der Waals surface area (Å²) in [7, 11) is 0. The van der Waals surface area contributed by atoms with Gasteiger partial charge in [-0.3, -0.25) is 9.59 Å². The summed E-state index contributed by atoms with van der Waals surface area (Å²) in [5.41, 5.74) is 0. The molecule has 2 nitrogen and oxygen atoms in total. The van der Waals surface area contributed by atoms with Crippen molar-refractivity contribution in [2.24, 2.45) is 5.92 Å². The molecule has 1 fully saturated rings. The lowest BCUT2D eigenvalue weighted by Crippen LogP contribution is -1.96. The average molecular weight is 130 g/mol. The monoisotopic (exact) mass is 130 g/mol. The predicted molar refractivity (Wildman–Crippen MR) is 31.4 cm³/mol. The fraction of sp³-hybridized carbons (Fsp3) is 0.600. The van der Waals surface area contributed by atoms with Crippen molar-refractivity contribution >= 4 is 22.0 Å². The molecule has 0 amide bonds. The Bertz CT molecular complexity index is 141. The molecular weight excluding hydrogens is 124 g/mol. The minimum Gasteiger partial charge on any atom is -0.287 e. The third kappa shape index (κ3) is 0.916. The van der Waals surface area contributed by atoms with E-state index in [-0.39, 0.29) is 16.1 Å². The molecule has 1 aliphatic heterocycles. The van der Waals surface area contributed by atoms with E-state index in [1.54, 1.807) is 6.92 Å². The van der Waals surface area contributed by atoms with Crippen LogP contribution in [0.3, 0.4) is 0 Å². The second-order valence-corrected chi connectivity index (χ2v) is 2.96. The van der Waals surface area contributed by atoms with E-state index in [4.69, 9.17) is 0 Å². The molecule has 0 aromatic rings. The van der Waals surface area contributed by atoms with Gasteiger partial charge in [-0.25, -0.2) is 0 Å². The topological polar surface area (TPSA) is 34.1 Å². The van der Waals surface area contributed by atoms with Crippen LogP contribution in [0.15, 0.2) is 0 Å². The highest BCUT2D eigenvalue weighted by Gasteiger charge is 2.27. The number of carbonyl (C=O) groups is 2. The summed E-state index contributed by atoms with van der Waals surface area (Å²) >= 11 is 0.851. The standard InChI is InChI=1S/C5H6O2S/c1-3-2-4(6)8-5(3)7/h3H,2H2,1H3/t3-/m0/s1. The Morgan fingerprint density at radius 1 is 1.62 bits per heavy atom. The molecule has 1 aliphatic rings. The Hall–Kier alpha value is -0.310. The van der Waals surface area contributed by atoms with E-state index in [0.29, 0.717) is 6.42 Å². The van der Waals surface area contributed by atoms with Gasteiger partial charge in [0, 0.05) is 12.3 Å². The van der Waals surface area contributed by atoms with Gasteiger partial charge in [-0.15, -0.1) is 0 Å². The first-order valence-corrected chi connectivity index (χ1v) is 3.26. The summed E-state index contributed by atoms with van der Waals surface area (Å²) < 4.78 is 0. The minimum absolute atomic E-state index is 0.0162. The number of hydrogen-bond donors (Lipinski definition) is 0. The third-order valence-corrected chi connectivity index (χ3v) is 2.09. The highest BCUT2D eigenvalue weighted by Crippen LogP contribution is 2.25. The van der Waals surface area contributed by atoms with Gasteiger partial charge in [0.05, 0.1) is 0 Å². The molecule has 8 heavy (non-hydrogen) atoms. The molecule has 0 N–H and O–H groups in total. The second-order valence-electron chi connectivity index (χ2n) is 1.90. The largest absolute Gasteiger partial charge is 0.287 e. The SMILES string of the molecule is C[C@H]1CC(=O)SC1=O. The van der Waals surface area contributed by atoms with Gasteiger partial charge < -0.3 is 0 Å². The summed E-state index contributed by atoms with van der Waals surface area (Å²) in [4.78, 5) is 20.9. The van der Waals surface area contributed by atoms with Gasteiger partial charge in [-0.1, -0.05) is 6.92 Å². The molecule has 1 atom stereocenters. The van der Waals surface area contributed by atoms with Crippen LogP contribution >= 0.6 is 11.8 Å². The van der Waals surface area contributed by atoms with Crippen molar-refractivity contribution in [3.8, 4) is 0 Å². The van der Waals surface area contributed by atoms with Crippen LogP contribution in [-0.2, 0) is 9.59 Å². The van der Waals surface area contributed by atoms with Crippen molar-refractivity contribution in [2.45, 2.75) is 13.3 Å². The zero-order valence-corrected chi connectivity index (χ0v) is 5.33. The molecular formula is C5H6O2S. The van der Waals surface area contributed by atoms with Crippen molar-refractivity contribution in [2.75, 3.05) is 0 Å². The van der Waals surface area contributed by atoms with Crippen LogP contribution in [-0.4, -0.2) is 10.2 Å². The van der Waals surface area contributed by atoms with E-state index in [1.165, 1.54) is 0 Å². The maximum Gasteiger partial charge on any atom is 0.199 e. The number of thioether (sulfide) groups is 1. The summed E-state index contributed by atoms with van der Waals surface area (Å²) in [5.74, 6) is -0.0347. The summed E-state index contributed by atoms with van der Waals surface area (Å²) in [6.45, 7) is 1.78. The first-order chi connectivity index (χ1) is 3.70. The van der Waals surface area contributed by atoms with Crippen molar-refractivity contribution in [3.05, 3.63) is 0 Å². The molecule has 0 saturated carbocycles. The first kappa shape index (κ1) is 5.82. The molecule has 1 saturated heterocycles. The van der Waals surface area contributed by atoms with Crippen molar-refractivity contribution < 1.29 is 9.59 Å². The summed E-state index contributed by atoms with van der Waals surface area (Å²) in [6.07, 6.45) is 0.434.